The van der Waals surface area contributed by atoms with Crippen LogP contribution in [0.2, 0.25) is 0 Å². The van der Waals surface area contributed by atoms with Gasteiger partial charge in [0, 0.05) is 37.0 Å². The highest BCUT2D eigenvalue weighted by Gasteiger charge is 2.64. The summed E-state index contributed by atoms with van der Waals surface area (Å²) >= 11 is 1.28. The van der Waals surface area contributed by atoms with Crippen molar-refractivity contribution in [3.63, 3.8) is 0 Å². The number of hydrogen-bond acceptors (Lipinski definition) is 11. The summed E-state index contributed by atoms with van der Waals surface area (Å²) in [6.07, 6.45) is 0.308. The van der Waals surface area contributed by atoms with Crippen LogP contribution in [0.4, 0.5) is 10.1 Å². The Morgan fingerprint density at radius 2 is 1.86 bits per heavy atom. The normalized spacial score (nSPS) is 24.9. The van der Waals surface area contributed by atoms with Crippen molar-refractivity contribution in [1.82, 2.24) is 9.88 Å². The molecule has 3 aliphatic carbocycles. The summed E-state index contributed by atoms with van der Waals surface area (Å²) in [6, 6.07) is 6.76. The fourth-order valence-electron chi connectivity index (χ4n) is 6.85. The van der Waals surface area contributed by atoms with Crippen LogP contribution in [0, 0.1) is 17.7 Å². The van der Waals surface area contributed by atoms with Crippen LogP contribution in [-0.2, 0) is 26.6 Å². The molecule has 0 saturated heterocycles. The first-order valence-corrected chi connectivity index (χ1v) is 14.9. The molecule has 1 aromatic heterocycles. The Bertz CT molecular complexity index is 1810. The van der Waals surface area contributed by atoms with E-state index in [0.29, 0.717) is 22.1 Å². The van der Waals surface area contributed by atoms with E-state index in [9.17, 15) is 34.1 Å². The lowest BCUT2D eigenvalue weighted by molar-refractivity contribution is -0.153. The average molecular weight is 623 g/mol. The summed E-state index contributed by atoms with van der Waals surface area (Å²) in [4.78, 5) is 47.7. The van der Waals surface area contributed by atoms with Crippen molar-refractivity contribution in [2.45, 2.75) is 35.5 Å². The topological polar surface area (TPSA) is 170 Å². The third kappa shape index (κ3) is 4.32. The van der Waals surface area contributed by atoms with Gasteiger partial charge in [0.15, 0.2) is 17.0 Å². The van der Waals surface area contributed by atoms with Crippen LogP contribution in [0.1, 0.15) is 23.1 Å². The molecule has 1 saturated carbocycles. The number of fused-ring (bicyclic) bond motifs is 5. The molecular weight excluding hydrogens is 591 g/mol. The maximum absolute atomic E-state index is 14.2. The van der Waals surface area contributed by atoms with E-state index in [1.165, 1.54) is 28.8 Å². The zero-order chi connectivity index (χ0) is 31.8. The number of halogens is 1. The number of carbonyl (C=O) groups excluding carboxylic acids is 3. The summed E-state index contributed by atoms with van der Waals surface area (Å²) in [7, 11) is 6.82. The molecule has 1 unspecified atom stereocenters. The van der Waals surface area contributed by atoms with E-state index >= 15 is 0 Å². The molecule has 4 atom stereocenters. The fraction of sp³-hybridized carbons (Fsp3) is 0.355. The maximum atomic E-state index is 14.2. The Morgan fingerprint density at radius 1 is 1.18 bits per heavy atom. The van der Waals surface area contributed by atoms with E-state index in [1.807, 2.05) is 25.1 Å². The smallest absolute Gasteiger partial charge is 0.257 e. The Balaban J connectivity index is 1.50. The summed E-state index contributed by atoms with van der Waals surface area (Å²) in [5.74, 6) is -6.22. The molecule has 0 radical (unpaired) electrons. The molecule has 1 fully saturated rings. The molecular formula is C31H31FN4O7S. The second-order valence-electron chi connectivity index (χ2n) is 11.8. The highest BCUT2D eigenvalue weighted by molar-refractivity contribution is 7.98. The van der Waals surface area contributed by atoms with Crippen molar-refractivity contribution in [2.75, 3.05) is 33.1 Å². The number of aliphatic hydroxyl groups is 3. The molecule has 11 nitrogen and oxygen atoms in total. The Morgan fingerprint density at radius 3 is 2.48 bits per heavy atom. The van der Waals surface area contributed by atoms with Crippen LogP contribution in [0.5, 0.6) is 0 Å². The molecule has 0 spiro atoms. The van der Waals surface area contributed by atoms with Crippen LogP contribution in [0.15, 0.2) is 56.9 Å². The minimum absolute atomic E-state index is 0.0475. The maximum Gasteiger partial charge on any atom is 0.257 e. The van der Waals surface area contributed by atoms with Crippen molar-refractivity contribution in [2.24, 2.45) is 17.6 Å². The van der Waals surface area contributed by atoms with Gasteiger partial charge in [0.2, 0.25) is 5.78 Å². The Hall–Kier alpha value is -4.20. The van der Waals surface area contributed by atoms with Crippen LogP contribution >= 0.6 is 11.8 Å². The fourth-order valence-corrected chi connectivity index (χ4v) is 7.63. The zero-order valence-electron chi connectivity index (χ0n) is 24.4. The van der Waals surface area contributed by atoms with Crippen LogP contribution in [-0.4, -0.2) is 82.5 Å². The molecule has 5 N–H and O–H groups in total. The number of hydrogen-bond donors (Lipinski definition) is 4. The number of carbonyl (C=O) groups is 3. The standard InChI is InChI=1S/C31H31FN4O7S/c1-35(2)19-11-18-26(43-30(34-18)44-12-13-5-7-15(32)8-6-13)21-16(19)9-14-10-17-23(36(3)4)25(38)22(29(33)41)28(40)31(17,42)27(39)20(14)24(21)37/h5-8,11,14,17,23,37,40,42H,9-10,12H2,1-4H3,(H2,33,41)/t14-,17-,23-,31?/m0/s1. The largest absolute Gasteiger partial charge is 0.508 e. The number of nitrogens with zero attached hydrogens (tertiary/aromatic N) is 3. The lowest BCUT2D eigenvalue weighted by atomic mass is 9.57. The molecule has 6 rings (SSSR count). The first-order chi connectivity index (χ1) is 20.7. The number of thioether (sulfide) groups is 1. The van der Waals surface area contributed by atoms with E-state index in [4.69, 9.17) is 10.2 Å². The van der Waals surface area contributed by atoms with Crippen molar-refractivity contribution in [1.29, 1.82) is 0 Å². The first kappa shape index (κ1) is 29.9. The van der Waals surface area contributed by atoms with Gasteiger partial charge in [-0.1, -0.05) is 23.9 Å². The molecule has 3 aliphatic rings. The summed E-state index contributed by atoms with van der Waals surface area (Å²) in [6.45, 7) is 0. The predicted molar refractivity (Wildman–Crippen MR) is 160 cm³/mol. The summed E-state index contributed by atoms with van der Waals surface area (Å²) in [5, 5.41) is 35.1. The second kappa shape index (κ2) is 10.5. The van der Waals surface area contributed by atoms with E-state index in [-0.39, 0.29) is 35.4 Å². The Labute approximate surface area is 255 Å². The molecule has 0 aliphatic heterocycles. The summed E-state index contributed by atoms with van der Waals surface area (Å²) in [5.41, 5.74) is 4.96. The number of anilines is 1. The predicted octanol–water partition coefficient (Wildman–Crippen LogP) is 2.90. The van der Waals surface area contributed by atoms with Crippen LogP contribution in [0.3, 0.4) is 0 Å². The molecule has 3 aromatic rings. The van der Waals surface area contributed by atoms with Crippen molar-refractivity contribution in [3.05, 3.63) is 69.7 Å². The summed E-state index contributed by atoms with van der Waals surface area (Å²) < 4.78 is 19.5. The van der Waals surface area contributed by atoms with E-state index in [1.54, 1.807) is 26.2 Å². The number of nitrogens with two attached hydrogens (primary N) is 1. The van der Waals surface area contributed by atoms with Crippen molar-refractivity contribution >= 4 is 51.8 Å². The van der Waals surface area contributed by atoms with Crippen molar-refractivity contribution in [3.8, 4) is 0 Å². The lowest BCUT2D eigenvalue weighted by Gasteiger charge is -2.50. The number of ketones is 2. The number of benzene rings is 2. The molecule has 1 heterocycles. The van der Waals surface area contributed by atoms with Gasteiger partial charge in [-0.3, -0.25) is 19.3 Å². The zero-order valence-corrected chi connectivity index (χ0v) is 25.2. The molecule has 44 heavy (non-hydrogen) atoms. The van der Waals surface area contributed by atoms with Crippen LogP contribution in [0.25, 0.3) is 16.9 Å². The van der Waals surface area contributed by atoms with Gasteiger partial charge in [0.1, 0.15) is 28.4 Å². The van der Waals surface area contributed by atoms with Gasteiger partial charge in [-0.05, 0) is 62.2 Å². The number of primary amides is 1. The van der Waals surface area contributed by atoms with Gasteiger partial charge in [-0.2, -0.15) is 0 Å². The first-order valence-electron chi connectivity index (χ1n) is 13.9. The van der Waals surface area contributed by atoms with E-state index in [2.05, 4.69) is 4.98 Å². The van der Waals surface area contributed by atoms with E-state index < -0.39 is 58.0 Å². The third-order valence-electron chi connectivity index (χ3n) is 8.82. The number of Topliss-reactive ketones (excluding diaryl/α,β-unsaturated/α-hetero) is 2. The number of rotatable bonds is 6. The number of oxazole rings is 1. The molecule has 2 aromatic carbocycles. The minimum atomic E-state index is -2.67. The highest BCUT2D eigenvalue weighted by Crippen LogP contribution is 2.53. The van der Waals surface area contributed by atoms with Gasteiger partial charge in [-0.25, -0.2) is 9.37 Å². The second-order valence-corrected chi connectivity index (χ2v) is 12.8. The highest BCUT2D eigenvalue weighted by atomic mass is 32.2. The van der Waals surface area contributed by atoms with Gasteiger partial charge in [-0.15, -0.1) is 0 Å². The molecule has 230 valence electrons. The van der Waals surface area contributed by atoms with Gasteiger partial charge >= 0.3 is 0 Å². The van der Waals surface area contributed by atoms with Gasteiger partial charge in [0.25, 0.3) is 11.1 Å². The SMILES string of the molecule is CN(C)c1cc2nc(SCc3ccc(F)cc3)oc2c2c1C[C@H]1C[C@H]3[C@H](N(C)C)C(=O)C(C(N)=O)=C(O)C3(O)C(=O)C1=C2O. The molecule has 1 amide bonds. The molecule has 13 heteroatoms. The number of likely N-dealkylation sites (N-methyl/N-ethyl adjacent to an activating group) is 1. The van der Waals surface area contributed by atoms with Crippen molar-refractivity contribution < 1.29 is 38.5 Å². The van der Waals surface area contributed by atoms with Crippen LogP contribution < -0.4 is 10.6 Å². The number of aliphatic hydroxyl groups excluding tert-OH is 2. The van der Waals surface area contributed by atoms with Gasteiger partial charge < -0.3 is 30.4 Å². The number of amides is 1. The average Bonchev–Trinajstić information content (AvgIpc) is 3.36. The quantitative estimate of drug-likeness (QED) is 0.235. The number of aromatic nitrogens is 1. The lowest BCUT2D eigenvalue weighted by Crippen LogP contribution is -2.65. The Kier molecular flexibility index (Phi) is 7.10. The molecule has 0 bridgehead atoms. The van der Waals surface area contributed by atoms with Gasteiger partial charge in [0.05, 0.1) is 11.6 Å². The van der Waals surface area contributed by atoms with E-state index in [0.717, 1.165) is 11.3 Å². The minimum Gasteiger partial charge on any atom is -0.508 e. The third-order valence-corrected chi connectivity index (χ3v) is 9.72. The monoisotopic (exact) mass is 622 g/mol.